The minimum absolute atomic E-state index is 0.105. The number of rotatable bonds is 6. The molecule has 0 fully saturated rings. The summed E-state index contributed by atoms with van der Waals surface area (Å²) in [5.74, 6) is 1.42. The van der Waals surface area contributed by atoms with E-state index in [0.29, 0.717) is 5.13 Å². The Bertz CT molecular complexity index is 859. The van der Waals surface area contributed by atoms with Crippen LogP contribution in [0.2, 0.25) is 0 Å². The van der Waals surface area contributed by atoms with Crippen LogP contribution in [0.25, 0.3) is 11.3 Å². The number of amides is 1. The van der Waals surface area contributed by atoms with E-state index in [1.165, 1.54) is 11.3 Å². The van der Waals surface area contributed by atoms with Crippen LogP contribution in [0, 0.1) is 0 Å². The van der Waals surface area contributed by atoms with Crippen molar-refractivity contribution in [2.45, 2.75) is 6.42 Å². The molecule has 3 aromatic rings. The third-order valence-electron chi connectivity index (χ3n) is 3.66. The van der Waals surface area contributed by atoms with Crippen molar-refractivity contribution in [1.82, 2.24) is 4.98 Å². The first-order valence-corrected chi connectivity index (χ1v) is 8.59. The van der Waals surface area contributed by atoms with E-state index in [1.807, 2.05) is 53.9 Å². The Morgan fingerprint density at radius 2 is 1.84 bits per heavy atom. The second-order valence-electron chi connectivity index (χ2n) is 5.31. The van der Waals surface area contributed by atoms with Gasteiger partial charge in [-0.05, 0) is 29.8 Å². The molecular formula is C19H18N2O3S. The number of hydrogen-bond donors (Lipinski definition) is 1. The summed E-state index contributed by atoms with van der Waals surface area (Å²) in [6.07, 6.45) is 0.285. The summed E-state index contributed by atoms with van der Waals surface area (Å²) in [6.45, 7) is 0. The van der Waals surface area contributed by atoms with Crippen molar-refractivity contribution in [3.63, 3.8) is 0 Å². The van der Waals surface area contributed by atoms with Gasteiger partial charge in [0.05, 0.1) is 26.3 Å². The number of anilines is 1. The first-order chi connectivity index (χ1) is 12.2. The Morgan fingerprint density at radius 3 is 2.56 bits per heavy atom. The van der Waals surface area contributed by atoms with Gasteiger partial charge in [-0.25, -0.2) is 4.98 Å². The fraction of sp³-hybridized carbons (Fsp3) is 0.158. The minimum atomic E-state index is -0.105. The average Bonchev–Trinajstić information content (AvgIpc) is 3.10. The number of nitrogens with zero attached hydrogens (tertiary/aromatic N) is 1. The molecule has 0 aliphatic heterocycles. The number of methoxy groups -OCH3 is 2. The zero-order valence-electron chi connectivity index (χ0n) is 14.0. The highest BCUT2D eigenvalue weighted by molar-refractivity contribution is 7.14. The predicted molar refractivity (Wildman–Crippen MR) is 99.4 cm³/mol. The highest BCUT2D eigenvalue weighted by Gasteiger charge is 2.11. The molecule has 2 aromatic carbocycles. The molecule has 1 aromatic heterocycles. The molecule has 128 valence electrons. The van der Waals surface area contributed by atoms with Crippen molar-refractivity contribution in [2.24, 2.45) is 0 Å². The Hall–Kier alpha value is -2.86. The average molecular weight is 354 g/mol. The van der Waals surface area contributed by atoms with Crippen LogP contribution in [0.1, 0.15) is 5.56 Å². The van der Waals surface area contributed by atoms with Gasteiger partial charge in [-0.2, -0.15) is 0 Å². The van der Waals surface area contributed by atoms with Crippen molar-refractivity contribution in [2.75, 3.05) is 19.5 Å². The SMILES string of the molecule is COc1ccc(CC(=O)Nc2nc(-c3ccccc3OC)cs2)cc1. The van der Waals surface area contributed by atoms with Gasteiger partial charge < -0.3 is 14.8 Å². The van der Waals surface area contributed by atoms with Crippen LogP contribution in [0.3, 0.4) is 0 Å². The lowest BCUT2D eigenvalue weighted by atomic mass is 10.1. The zero-order chi connectivity index (χ0) is 17.6. The Kier molecular flexibility index (Phi) is 5.30. The normalized spacial score (nSPS) is 10.3. The second kappa shape index (κ2) is 7.81. The van der Waals surface area contributed by atoms with Crippen LogP contribution in [-0.2, 0) is 11.2 Å². The van der Waals surface area contributed by atoms with E-state index in [2.05, 4.69) is 10.3 Å². The Labute approximate surface area is 150 Å². The lowest BCUT2D eigenvalue weighted by Gasteiger charge is -2.05. The monoisotopic (exact) mass is 354 g/mol. The van der Waals surface area contributed by atoms with Gasteiger partial charge in [0.15, 0.2) is 5.13 Å². The fourth-order valence-electron chi connectivity index (χ4n) is 2.40. The first kappa shape index (κ1) is 17.0. The van der Waals surface area contributed by atoms with Crippen LogP contribution < -0.4 is 14.8 Å². The molecule has 1 heterocycles. The molecule has 0 radical (unpaired) electrons. The Morgan fingerprint density at radius 1 is 1.08 bits per heavy atom. The number of aromatic nitrogens is 1. The highest BCUT2D eigenvalue weighted by atomic mass is 32.1. The van der Waals surface area contributed by atoms with E-state index in [4.69, 9.17) is 9.47 Å². The summed E-state index contributed by atoms with van der Waals surface area (Å²) < 4.78 is 10.5. The van der Waals surface area contributed by atoms with Gasteiger partial charge in [-0.1, -0.05) is 24.3 Å². The molecule has 0 bridgehead atoms. The van der Waals surface area contributed by atoms with Crippen LogP contribution in [0.4, 0.5) is 5.13 Å². The quantitative estimate of drug-likeness (QED) is 0.727. The van der Waals surface area contributed by atoms with Gasteiger partial charge in [0.25, 0.3) is 0 Å². The molecule has 5 nitrogen and oxygen atoms in total. The number of thiazole rings is 1. The third-order valence-corrected chi connectivity index (χ3v) is 4.41. The zero-order valence-corrected chi connectivity index (χ0v) is 14.8. The number of carbonyl (C=O) groups is 1. The van der Waals surface area contributed by atoms with E-state index >= 15 is 0 Å². The molecule has 0 aliphatic carbocycles. The van der Waals surface area contributed by atoms with Gasteiger partial charge in [0.1, 0.15) is 11.5 Å². The summed E-state index contributed by atoms with van der Waals surface area (Å²) >= 11 is 1.39. The van der Waals surface area contributed by atoms with E-state index in [0.717, 1.165) is 28.3 Å². The van der Waals surface area contributed by atoms with Gasteiger partial charge in [-0.3, -0.25) is 4.79 Å². The lowest BCUT2D eigenvalue weighted by molar-refractivity contribution is -0.115. The van der Waals surface area contributed by atoms with Gasteiger partial charge >= 0.3 is 0 Å². The highest BCUT2D eigenvalue weighted by Crippen LogP contribution is 2.31. The first-order valence-electron chi connectivity index (χ1n) is 7.71. The van der Waals surface area contributed by atoms with Crippen LogP contribution >= 0.6 is 11.3 Å². The molecular weight excluding hydrogens is 336 g/mol. The molecule has 0 aliphatic rings. The molecule has 0 unspecified atom stereocenters. The topological polar surface area (TPSA) is 60.5 Å². The van der Waals surface area contributed by atoms with E-state index in [1.54, 1.807) is 14.2 Å². The summed E-state index contributed by atoms with van der Waals surface area (Å²) in [7, 11) is 3.24. The molecule has 0 atom stereocenters. The van der Waals surface area contributed by atoms with Crippen molar-refractivity contribution in [3.05, 3.63) is 59.5 Å². The van der Waals surface area contributed by atoms with Crippen molar-refractivity contribution >= 4 is 22.4 Å². The van der Waals surface area contributed by atoms with Gasteiger partial charge in [0.2, 0.25) is 5.91 Å². The minimum Gasteiger partial charge on any atom is -0.497 e. The van der Waals surface area contributed by atoms with Gasteiger partial charge in [0, 0.05) is 10.9 Å². The lowest BCUT2D eigenvalue weighted by Crippen LogP contribution is -2.14. The number of nitrogens with one attached hydrogen (secondary N) is 1. The summed E-state index contributed by atoms with van der Waals surface area (Å²) in [4.78, 5) is 16.7. The number of para-hydroxylation sites is 1. The number of carbonyl (C=O) groups excluding carboxylic acids is 1. The maximum Gasteiger partial charge on any atom is 0.230 e. The molecule has 3 rings (SSSR count). The smallest absolute Gasteiger partial charge is 0.230 e. The standard InChI is InChI=1S/C19H18N2O3S/c1-23-14-9-7-13(8-10-14)11-18(22)21-19-20-16(12-25-19)15-5-3-4-6-17(15)24-2/h3-10,12H,11H2,1-2H3,(H,20,21,22). The Balaban J connectivity index is 1.67. The summed E-state index contributed by atoms with van der Waals surface area (Å²) in [6, 6.07) is 15.1. The number of ether oxygens (including phenoxy) is 2. The molecule has 0 saturated carbocycles. The van der Waals surface area contributed by atoms with Crippen molar-refractivity contribution in [1.29, 1.82) is 0 Å². The maximum atomic E-state index is 12.2. The molecule has 1 amide bonds. The van der Waals surface area contributed by atoms with Gasteiger partial charge in [-0.15, -0.1) is 11.3 Å². The van der Waals surface area contributed by atoms with Crippen molar-refractivity contribution < 1.29 is 14.3 Å². The fourth-order valence-corrected chi connectivity index (χ4v) is 3.13. The molecule has 0 spiro atoms. The van der Waals surface area contributed by atoms with Crippen molar-refractivity contribution in [3.8, 4) is 22.8 Å². The summed E-state index contributed by atoms with van der Waals surface area (Å²) in [5, 5.41) is 5.32. The second-order valence-corrected chi connectivity index (χ2v) is 6.17. The van der Waals surface area contributed by atoms with E-state index in [9.17, 15) is 4.79 Å². The van der Waals surface area contributed by atoms with Crippen LogP contribution in [0.5, 0.6) is 11.5 Å². The summed E-state index contributed by atoms with van der Waals surface area (Å²) in [5.41, 5.74) is 2.60. The molecule has 0 saturated heterocycles. The third kappa shape index (κ3) is 4.16. The van der Waals surface area contributed by atoms with Crippen LogP contribution in [0.15, 0.2) is 53.9 Å². The molecule has 25 heavy (non-hydrogen) atoms. The number of benzene rings is 2. The molecule has 1 N–H and O–H groups in total. The largest absolute Gasteiger partial charge is 0.497 e. The predicted octanol–water partition coefficient (Wildman–Crippen LogP) is 4.01. The van der Waals surface area contributed by atoms with E-state index < -0.39 is 0 Å². The van der Waals surface area contributed by atoms with Crippen LogP contribution in [-0.4, -0.2) is 25.1 Å². The maximum absolute atomic E-state index is 12.2. The number of hydrogen-bond acceptors (Lipinski definition) is 5. The van der Waals surface area contributed by atoms with E-state index in [-0.39, 0.29) is 12.3 Å². The molecule has 6 heteroatoms.